The van der Waals surface area contributed by atoms with Crippen molar-refractivity contribution in [2.24, 2.45) is 0 Å². The predicted octanol–water partition coefficient (Wildman–Crippen LogP) is 0.943. The van der Waals surface area contributed by atoms with E-state index in [2.05, 4.69) is 0 Å². The Kier molecular flexibility index (Phi) is 5.59. The Morgan fingerprint density at radius 1 is 1.29 bits per heavy atom. The maximum absolute atomic E-state index is 12.3. The molecule has 1 unspecified atom stereocenters. The number of hydrogen-bond acceptors (Lipinski definition) is 4. The lowest BCUT2D eigenvalue weighted by molar-refractivity contribution is -0.153. The van der Waals surface area contributed by atoms with Gasteiger partial charge in [0.15, 0.2) is 0 Å². The SMILES string of the molecule is CCOC(=O)CCCCCN1CC(=O)N2CCCC2C1=O. The van der Waals surface area contributed by atoms with E-state index in [1.165, 1.54) is 0 Å². The zero-order valence-corrected chi connectivity index (χ0v) is 12.7. The van der Waals surface area contributed by atoms with Crippen LogP contribution in [0.1, 0.15) is 45.4 Å². The number of carbonyl (C=O) groups excluding carboxylic acids is 3. The molecular formula is C15H24N2O4. The summed E-state index contributed by atoms with van der Waals surface area (Å²) in [5.74, 6) is 0.00411. The third-order valence-electron chi connectivity index (χ3n) is 4.11. The van der Waals surface area contributed by atoms with Crippen LogP contribution in [0.2, 0.25) is 0 Å². The van der Waals surface area contributed by atoms with Gasteiger partial charge in [-0.3, -0.25) is 14.4 Å². The lowest BCUT2D eigenvalue weighted by Crippen LogP contribution is -2.57. The Hall–Kier alpha value is -1.59. The summed E-state index contributed by atoms with van der Waals surface area (Å²) in [5.41, 5.74) is 0. The lowest BCUT2D eigenvalue weighted by atomic mass is 10.1. The van der Waals surface area contributed by atoms with Crippen molar-refractivity contribution < 1.29 is 19.1 Å². The van der Waals surface area contributed by atoms with Crippen LogP contribution in [0.3, 0.4) is 0 Å². The molecule has 0 saturated carbocycles. The average Bonchev–Trinajstić information content (AvgIpc) is 2.94. The van der Waals surface area contributed by atoms with Crippen molar-refractivity contribution in [2.75, 3.05) is 26.2 Å². The molecule has 21 heavy (non-hydrogen) atoms. The number of piperazine rings is 1. The smallest absolute Gasteiger partial charge is 0.305 e. The van der Waals surface area contributed by atoms with Crippen LogP contribution in [0.25, 0.3) is 0 Å². The van der Waals surface area contributed by atoms with Gasteiger partial charge in [-0.25, -0.2) is 0 Å². The van der Waals surface area contributed by atoms with Crippen LogP contribution in [0.5, 0.6) is 0 Å². The zero-order chi connectivity index (χ0) is 15.2. The molecule has 0 radical (unpaired) electrons. The van der Waals surface area contributed by atoms with E-state index >= 15 is 0 Å². The number of esters is 1. The molecular weight excluding hydrogens is 272 g/mol. The molecule has 0 aromatic rings. The van der Waals surface area contributed by atoms with Gasteiger partial charge >= 0.3 is 5.97 Å². The Morgan fingerprint density at radius 2 is 2.10 bits per heavy atom. The summed E-state index contributed by atoms with van der Waals surface area (Å²) < 4.78 is 4.86. The predicted molar refractivity (Wildman–Crippen MR) is 76.4 cm³/mol. The standard InChI is InChI=1S/C15H24N2O4/c1-2-21-14(19)8-4-3-5-9-16-11-13(18)17-10-6-7-12(17)15(16)20/h12H,2-11H2,1H3. The van der Waals surface area contributed by atoms with E-state index in [-0.39, 0.29) is 30.4 Å². The van der Waals surface area contributed by atoms with Crippen molar-refractivity contribution in [3.8, 4) is 0 Å². The quantitative estimate of drug-likeness (QED) is 0.518. The van der Waals surface area contributed by atoms with Gasteiger partial charge in [-0.05, 0) is 32.6 Å². The van der Waals surface area contributed by atoms with E-state index < -0.39 is 0 Å². The molecule has 6 nitrogen and oxygen atoms in total. The molecule has 118 valence electrons. The molecule has 2 rings (SSSR count). The van der Waals surface area contributed by atoms with E-state index in [1.54, 1.807) is 16.7 Å². The minimum absolute atomic E-state index is 0.0728. The van der Waals surface area contributed by atoms with Crippen molar-refractivity contribution in [3.05, 3.63) is 0 Å². The first kappa shape index (κ1) is 15.8. The van der Waals surface area contributed by atoms with Crippen LogP contribution in [-0.4, -0.2) is 59.9 Å². The second-order valence-corrected chi connectivity index (χ2v) is 5.62. The molecule has 2 fully saturated rings. The van der Waals surface area contributed by atoms with E-state index in [4.69, 9.17) is 4.74 Å². The lowest BCUT2D eigenvalue weighted by Gasteiger charge is -2.36. The van der Waals surface area contributed by atoms with Gasteiger partial charge in [0, 0.05) is 19.5 Å². The van der Waals surface area contributed by atoms with Gasteiger partial charge in [-0.15, -0.1) is 0 Å². The first-order valence-corrected chi connectivity index (χ1v) is 7.87. The average molecular weight is 296 g/mol. The molecule has 0 bridgehead atoms. The number of ether oxygens (including phenoxy) is 1. The molecule has 0 spiro atoms. The van der Waals surface area contributed by atoms with Gasteiger partial charge in [-0.1, -0.05) is 6.42 Å². The van der Waals surface area contributed by atoms with E-state index in [0.717, 1.165) is 38.6 Å². The number of amides is 2. The molecule has 2 aliphatic heterocycles. The molecule has 1 atom stereocenters. The summed E-state index contributed by atoms with van der Waals surface area (Å²) in [4.78, 5) is 38.8. The van der Waals surface area contributed by atoms with Gasteiger partial charge in [0.25, 0.3) is 0 Å². The summed E-state index contributed by atoms with van der Waals surface area (Å²) in [5, 5.41) is 0. The van der Waals surface area contributed by atoms with E-state index in [0.29, 0.717) is 19.6 Å². The van der Waals surface area contributed by atoms with E-state index in [9.17, 15) is 14.4 Å². The molecule has 2 heterocycles. The Bertz CT molecular complexity index is 410. The minimum Gasteiger partial charge on any atom is -0.466 e. The number of fused-ring (bicyclic) bond motifs is 1. The maximum Gasteiger partial charge on any atom is 0.305 e. The summed E-state index contributed by atoms with van der Waals surface area (Å²) in [6.45, 7) is 3.76. The largest absolute Gasteiger partial charge is 0.466 e. The molecule has 2 aliphatic rings. The fraction of sp³-hybridized carbons (Fsp3) is 0.800. The van der Waals surface area contributed by atoms with Crippen LogP contribution in [0.15, 0.2) is 0 Å². The van der Waals surface area contributed by atoms with Gasteiger partial charge in [0.05, 0.1) is 13.2 Å². The molecule has 6 heteroatoms. The summed E-state index contributed by atoms with van der Waals surface area (Å²) in [7, 11) is 0. The van der Waals surface area contributed by atoms with Crippen molar-refractivity contribution in [1.82, 2.24) is 9.80 Å². The zero-order valence-electron chi connectivity index (χ0n) is 12.7. The fourth-order valence-corrected chi connectivity index (χ4v) is 3.04. The molecule has 2 amide bonds. The third-order valence-corrected chi connectivity index (χ3v) is 4.11. The van der Waals surface area contributed by atoms with Crippen LogP contribution in [0, 0.1) is 0 Å². The highest BCUT2D eigenvalue weighted by Gasteiger charge is 2.41. The van der Waals surface area contributed by atoms with Crippen molar-refractivity contribution >= 4 is 17.8 Å². The van der Waals surface area contributed by atoms with Crippen molar-refractivity contribution in [3.63, 3.8) is 0 Å². The topological polar surface area (TPSA) is 66.9 Å². The normalized spacial score (nSPS) is 21.7. The van der Waals surface area contributed by atoms with Crippen molar-refractivity contribution in [1.29, 1.82) is 0 Å². The monoisotopic (exact) mass is 296 g/mol. The molecule has 0 aliphatic carbocycles. The Balaban J connectivity index is 1.67. The highest BCUT2D eigenvalue weighted by Crippen LogP contribution is 2.23. The van der Waals surface area contributed by atoms with Crippen LogP contribution in [-0.2, 0) is 19.1 Å². The summed E-state index contributed by atoms with van der Waals surface area (Å²) in [6, 6.07) is -0.217. The van der Waals surface area contributed by atoms with Gasteiger partial charge in [0.2, 0.25) is 11.8 Å². The first-order chi connectivity index (χ1) is 10.1. The van der Waals surface area contributed by atoms with Gasteiger partial charge in [0.1, 0.15) is 6.04 Å². The Labute approximate surface area is 125 Å². The van der Waals surface area contributed by atoms with Crippen LogP contribution < -0.4 is 0 Å². The first-order valence-electron chi connectivity index (χ1n) is 7.87. The molecule has 0 aromatic heterocycles. The van der Waals surface area contributed by atoms with Crippen LogP contribution in [0.4, 0.5) is 0 Å². The highest BCUT2D eigenvalue weighted by molar-refractivity contribution is 5.95. The van der Waals surface area contributed by atoms with Crippen molar-refractivity contribution in [2.45, 2.75) is 51.5 Å². The van der Waals surface area contributed by atoms with Crippen LogP contribution >= 0.6 is 0 Å². The second kappa shape index (κ2) is 7.43. The third kappa shape index (κ3) is 3.95. The van der Waals surface area contributed by atoms with Gasteiger partial charge in [-0.2, -0.15) is 0 Å². The Morgan fingerprint density at radius 3 is 2.86 bits per heavy atom. The number of carbonyl (C=O) groups is 3. The number of unbranched alkanes of at least 4 members (excludes halogenated alkanes) is 2. The number of rotatable bonds is 7. The molecule has 0 aromatic carbocycles. The maximum atomic E-state index is 12.3. The fourth-order valence-electron chi connectivity index (χ4n) is 3.04. The summed E-state index contributed by atoms with van der Waals surface area (Å²) >= 11 is 0. The van der Waals surface area contributed by atoms with Gasteiger partial charge < -0.3 is 14.5 Å². The molecule has 0 N–H and O–H groups in total. The summed E-state index contributed by atoms with van der Waals surface area (Å²) in [6.07, 6.45) is 4.61. The minimum atomic E-state index is -0.217. The van der Waals surface area contributed by atoms with E-state index in [1.807, 2.05) is 0 Å². The number of nitrogens with zero attached hydrogens (tertiary/aromatic N) is 2. The second-order valence-electron chi connectivity index (χ2n) is 5.62. The molecule has 2 saturated heterocycles. The highest BCUT2D eigenvalue weighted by atomic mass is 16.5. The number of hydrogen-bond donors (Lipinski definition) is 0.